The largest absolute Gasteiger partial charge is 0.368 e. The first-order chi connectivity index (χ1) is 6.68. The fraction of sp³-hybridized carbons (Fsp3) is 0.222. The molecule has 1 heterocycles. The molecule has 0 fully saturated rings. The van der Waals surface area contributed by atoms with Crippen molar-refractivity contribution in [3.63, 3.8) is 0 Å². The van der Waals surface area contributed by atoms with Gasteiger partial charge in [-0.2, -0.15) is 9.36 Å². The Morgan fingerprint density at radius 1 is 1.29 bits per heavy atom. The number of aromatic nitrogens is 4. The molecule has 1 aromatic carbocycles. The second kappa shape index (κ2) is 3.10. The molecular weight excluding hydrogens is 180 g/mol. The zero-order valence-corrected chi connectivity index (χ0v) is 8.01. The Morgan fingerprint density at radius 3 is 2.64 bits per heavy atom. The molecular formula is C9H10N4O. The third-order valence-electron chi connectivity index (χ3n) is 1.97. The van der Waals surface area contributed by atoms with Crippen molar-refractivity contribution < 1.29 is 0 Å². The molecule has 5 heteroatoms. The van der Waals surface area contributed by atoms with E-state index in [0.29, 0.717) is 0 Å². The Bertz CT molecular complexity index is 512. The van der Waals surface area contributed by atoms with Crippen LogP contribution in [0.15, 0.2) is 29.1 Å². The number of tetrazole rings is 1. The molecule has 0 aliphatic heterocycles. The normalized spacial score (nSPS) is 10.4. The van der Waals surface area contributed by atoms with Gasteiger partial charge < -0.3 is 0 Å². The van der Waals surface area contributed by atoms with Crippen molar-refractivity contribution in [2.75, 3.05) is 0 Å². The number of hydrogen-bond acceptors (Lipinski definition) is 3. The molecule has 1 aromatic heterocycles. The van der Waals surface area contributed by atoms with Crippen LogP contribution in [0.4, 0.5) is 0 Å². The standard InChI is InChI=1S/C9H10N4O/c1-7-4-3-5-8(6-7)13-9(14)12(2)10-11-13/h3-6H,1-2H3. The summed E-state index contributed by atoms with van der Waals surface area (Å²) in [5, 5.41) is 7.38. The van der Waals surface area contributed by atoms with Crippen molar-refractivity contribution in [1.29, 1.82) is 0 Å². The minimum atomic E-state index is -0.240. The predicted molar refractivity (Wildman–Crippen MR) is 51.3 cm³/mol. The van der Waals surface area contributed by atoms with Crippen molar-refractivity contribution >= 4 is 0 Å². The van der Waals surface area contributed by atoms with Crippen molar-refractivity contribution in [1.82, 2.24) is 19.8 Å². The first-order valence-corrected chi connectivity index (χ1v) is 4.24. The molecule has 0 amide bonds. The van der Waals surface area contributed by atoms with Gasteiger partial charge in [-0.15, -0.1) is 0 Å². The number of benzene rings is 1. The predicted octanol–water partition coefficient (Wildman–Crippen LogP) is 0.274. The van der Waals surface area contributed by atoms with Gasteiger partial charge in [-0.25, -0.2) is 4.79 Å². The summed E-state index contributed by atoms with van der Waals surface area (Å²) >= 11 is 0. The molecule has 0 radical (unpaired) electrons. The minimum absolute atomic E-state index is 0.240. The summed E-state index contributed by atoms with van der Waals surface area (Å²) in [4.78, 5) is 11.5. The van der Waals surface area contributed by atoms with E-state index in [1.807, 2.05) is 31.2 Å². The van der Waals surface area contributed by atoms with E-state index < -0.39 is 0 Å². The van der Waals surface area contributed by atoms with E-state index in [2.05, 4.69) is 10.4 Å². The van der Waals surface area contributed by atoms with E-state index in [0.717, 1.165) is 11.3 Å². The number of hydrogen-bond donors (Lipinski definition) is 0. The van der Waals surface area contributed by atoms with Crippen LogP contribution in [-0.2, 0) is 7.05 Å². The van der Waals surface area contributed by atoms with Gasteiger partial charge in [0.15, 0.2) is 0 Å². The van der Waals surface area contributed by atoms with Gasteiger partial charge in [0.2, 0.25) is 0 Å². The molecule has 0 saturated heterocycles. The van der Waals surface area contributed by atoms with Crippen molar-refractivity contribution in [3.8, 4) is 5.69 Å². The van der Waals surface area contributed by atoms with Gasteiger partial charge in [0.05, 0.1) is 5.69 Å². The van der Waals surface area contributed by atoms with E-state index in [1.165, 1.54) is 9.36 Å². The zero-order chi connectivity index (χ0) is 10.1. The average molecular weight is 190 g/mol. The summed E-state index contributed by atoms with van der Waals surface area (Å²) in [6.45, 7) is 1.96. The summed E-state index contributed by atoms with van der Waals surface area (Å²) in [5.41, 5.74) is 1.58. The molecule has 0 atom stereocenters. The number of rotatable bonds is 1. The van der Waals surface area contributed by atoms with Crippen molar-refractivity contribution in [3.05, 3.63) is 40.3 Å². The van der Waals surface area contributed by atoms with Crippen molar-refractivity contribution in [2.45, 2.75) is 6.92 Å². The van der Waals surface area contributed by atoms with Crippen LogP contribution in [0, 0.1) is 6.92 Å². The smallest absolute Gasteiger partial charge is 0.244 e. The van der Waals surface area contributed by atoms with Crippen LogP contribution >= 0.6 is 0 Å². The fourth-order valence-electron chi connectivity index (χ4n) is 1.24. The van der Waals surface area contributed by atoms with E-state index in [9.17, 15) is 4.79 Å². The highest BCUT2D eigenvalue weighted by atomic mass is 16.2. The van der Waals surface area contributed by atoms with E-state index >= 15 is 0 Å². The molecule has 0 aliphatic carbocycles. The Kier molecular flexibility index (Phi) is 1.92. The maximum absolute atomic E-state index is 11.5. The van der Waals surface area contributed by atoms with Gasteiger partial charge in [-0.3, -0.25) is 0 Å². The maximum atomic E-state index is 11.5. The van der Waals surface area contributed by atoms with Gasteiger partial charge >= 0.3 is 5.69 Å². The second-order valence-electron chi connectivity index (χ2n) is 3.14. The molecule has 72 valence electrons. The third-order valence-corrected chi connectivity index (χ3v) is 1.97. The highest BCUT2D eigenvalue weighted by Gasteiger charge is 2.04. The number of nitrogens with zero attached hydrogens (tertiary/aromatic N) is 4. The minimum Gasteiger partial charge on any atom is -0.244 e. The van der Waals surface area contributed by atoms with Gasteiger partial charge in [0.1, 0.15) is 0 Å². The summed E-state index contributed by atoms with van der Waals surface area (Å²) in [6, 6.07) is 7.55. The molecule has 0 N–H and O–H groups in total. The van der Waals surface area contributed by atoms with Gasteiger partial charge in [-0.05, 0) is 35.0 Å². The molecule has 14 heavy (non-hydrogen) atoms. The molecule has 0 unspecified atom stereocenters. The summed E-state index contributed by atoms with van der Waals surface area (Å²) in [5.74, 6) is 0. The SMILES string of the molecule is Cc1cccc(-n2nnn(C)c2=O)c1. The summed E-state index contributed by atoms with van der Waals surface area (Å²) in [6.07, 6.45) is 0. The van der Waals surface area contributed by atoms with Gasteiger partial charge in [-0.1, -0.05) is 12.1 Å². The Balaban J connectivity index is 2.60. The lowest BCUT2D eigenvalue weighted by molar-refractivity contribution is 0.693. The molecule has 0 spiro atoms. The molecule has 0 aliphatic rings. The average Bonchev–Trinajstić information content (AvgIpc) is 2.48. The highest BCUT2D eigenvalue weighted by molar-refractivity contribution is 5.33. The monoisotopic (exact) mass is 190 g/mol. The molecule has 2 rings (SSSR count). The van der Waals surface area contributed by atoms with Crippen LogP contribution in [0.3, 0.4) is 0 Å². The Labute approximate surface area is 80.6 Å². The van der Waals surface area contributed by atoms with E-state index in [-0.39, 0.29) is 5.69 Å². The summed E-state index contributed by atoms with van der Waals surface area (Å²) in [7, 11) is 1.57. The topological polar surface area (TPSA) is 52.7 Å². The van der Waals surface area contributed by atoms with Crippen LogP contribution in [0.25, 0.3) is 5.69 Å². The molecule has 0 saturated carbocycles. The van der Waals surface area contributed by atoms with Gasteiger partial charge in [0.25, 0.3) is 0 Å². The van der Waals surface area contributed by atoms with Crippen LogP contribution in [0.1, 0.15) is 5.56 Å². The number of aryl methyl sites for hydroxylation is 2. The molecule has 0 bridgehead atoms. The van der Waals surface area contributed by atoms with Crippen molar-refractivity contribution in [2.24, 2.45) is 7.05 Å². The zero-order valence-electron chi connectivity index (χ0n) is 8.01. The lowest BCUT2D eigenvalue weighted by Crippen LogP contribution is -2.21. The Hall–Kier alpha value is -1.91. The fourth-order valence-corrected chi connectivity index (χ4v) is 1.24. The lowest BCUT2D eigenvalue weighted by atomic mass is 10.2. The molecule has 2 aromatic rings. The van der Waals surface area contributed by atoms with Gasteiger partial charge in [0, 0.05) is 7.05 Å². The third kappa shape index (κ3) is 1.32. The van der Waals surface area contributed by atoms with Crippen LogP contribution in [0.5, 0.6) is 0 Å². The van der Waals surface area contributed by atoms with E-state index in [1.54, 1.807) is 7.05 Å². The quantitative estimate of drug-likeness (QED) is 0.648. The lowest BCUT2D eigenvalue weighted by Gasteiger charge is -1.98. The summed E-state index contributed by atoms with van der Waals surface area (Å²) < 4.78 is 2.47. The first-order valence-electron chi connectivity index (χ1n) is 4.24. The Morgan fingerprint density at radius 2 is 2.07 bits per heavy atom. The van der Waals surface area contributed by atoms with Crippen LogP contribution < -0.4 is 5.69 Å². The highest BCUT2D eigenvalue weighted by Crippen LogP contribution is 2.05. The van der Waals surface area contributed by atoms with Crippen LogP contribution in [-0.4, -0.2) is 19.8 Å². The second-order valence-corrected chi connectivity index (χ2v) is 3.14. The van der Waals surface area contributed by atoms with Crippen LogP contribution in [0.2, 0.25) is 0 Å². The van der Waals surface area contributed by atoms with E-state index in [4.69, 9.17) is 0 Å². The molecule has 5 nitrogen and oxygen atoms in total. The maximum Gasteiger partial charge on any atom is 0.368 e. The first kappa shape index (κ1) is 8.68.